The van der Waals surface area contributed by atoms with Gasteiger partial charge >= 0.3 is 0 Å². The van der Waals surface area contributed by atoms with E-state index in [-0.39, 0.29) is 5.69 Å². The van der Waals surface area contributed by atoms with Crippen LogP contribution < -0.4 is 0 Å². The molecule has 0 spiro atoms. The van der Waals surface area contributed by atoms with Crippen molar-refractivity contribution in [1.82, 2.24) is 9.78 Å². The van der Waals surface area contributed by atoms with Gasteiger partial charge in [-0.1, -0.05) is 29.9 Å². The number of alkyl halides is 2. The summed E-state index contributed by atoms with van der Waals surface area (Å²) in [5, 5.41) is 2.58. The zero-order valence-electron chi connectivity index (χ0n) is 8.58. The van der Waals surface area contributed by atoms with Gasteiger partial charge in [0.05, 0.1) is 5.69 Å². The Kier molecular flexibility index (Phi) is 2.87. The first-order valence-electron chi connectivity index (χ1n) is 4.75. The van der Waals surface area contributed by atoms with E-state index < -0.39 is 6.43 Å². The number of rotatable bonds is 2. The normalized spacial score (nSPS) is 11.0. The van der Waals surface area contributed by atoms with E-state index in [1.807, 2.05) is 31.2 Å². The molecule has 0 radical (unpaired) electrons. The molecule has 1 heterocycles. The van der Waals surface area contributed by atoms with E-state index in [2.05, 4.69) is 5.10 Å². The van der Waals surface area contributed by atoms with Gasteiger partial charge in [-0.25, -0.2) is 13.5 Å². The highest BCUT2D eigenvalue weighted by molar-refractivity contribution is 7.71. The SMILES string of the molecule is Cc1ccc(-n2[nH]c(C(F)F)cc2=S)cc1. The van der Waals surface area contributed by atoms with E-state index in [4.69, 9.17) is 12.2 Å². The van der Waals surface area contributed by atoms with Crippen molar-refractivity contribution in [2.24, 2.45) is 0 Å². The molecule has 84 valence electrons. The van der Waals surface area contributed by atoms with Crippen LogP contribution in [0.4, 0.5) is 8.78 Å². The van der Waals surface area contributed by atoms with Crippen molar-refractivity contribution in [1.29, 1.82) is 0 Å². The number of H-pyrrole nitrogens is 1. The van der Waals surface area contributed by atoms with Gasteiger partial charge in [0, 0.05) is 6.07 Å². The summed E-state index contributed by atoms with van der Waals surface area (Å²) >= 11 is 5.01. The minimum absolute atomic E-state index is 0.162. The first-order chi connectivity index (χ1) is 7.58. The molecule has 5 heteroatoms. The third-order valence-corrected chi connectivity index (χ3v) is 2.57. The smallest absolute Gasteiger partial charge is 0.279 e. The second-order valence-electron chi connectivity index (χ2n) is 3.52. The van der Waals surface area contributed by atoms with Crippen LogP contribution in [0.5, 0.6) is 0 Å². The Labute approximate surface area is 96.5 Å². The number of hydrogen-bond acceptors (Lipinski definition) is 1. The molecule has 0 saturated heterocycles. The van der Waals surface area contributed by atoms with Crippen molar-refractivity contribution in [3.05, 3.63) is 46.2 Å². The predicted molar refractivity (Wildman–Crippen MR) is 60.6 cm³/mol. The van der Waals surface area contributed by atoms with Crippen LogP contribution in [0.15, 0.2) is 30.3 Å². The summed E-state index contributed by atoms with van der Waals surface area (Å²) < 4.78 is 26.7. The fourth-order valence-electron chi connectivity index (χ4n) is 1.41. The van der Waals surface area contributed by atoms with Gasteiger partial charge in [0.25, 0.3) is 6.43 Å². The van der Waals surface area contributed by atoms with Crippen molar-refractivity contribution < 1.29 is 8.78 Å². The zero-order valence-corrected chi connectivity index (χ0v) is 9.39. The molecule has 2 rings (SSSR count). The zero-order chi connectivity index (χ0) is 11.7. The van der Waals surface area contributed by atoms with Crippen molar-refractivity contribution in [2.45, 2.75) is 13.3 Å². The Morgan fingerprint density at radius 1 is 1.25 bits per heavy atom. The molecule has 1 aromatic heterocycles. The summed E-state index contributed by atoms with van der Waals surface area (Å²) in [6.45, 7) is 1.96. The molecule has 0 atom stereocenters. The molecule has 1 N–H and O–H groups in total. The molecule has 2 nitrogen and oxygen atoms in total. The van der Waals surface area contributed by atoms with E-state index in [1.165, 1.54) is 10.7 Å². The van der Waals surface area contributed by atoms with Gasteiger partial charge in [0.1, 0.15) is 10.3 Å². The van der Waals surface area contributed by atoms with Gasteiger partial charge in [-0.3, -0.25) is 5.10 Å². The monoisotopic (exact) mass is 240 g/mol. The summed E-state index contributed by atoms with van der Waals surface area (Å²) in [4.78, 5) is 0. The molecular formula is C11H10F2N2S. The number of nitrogens with zero attached hydrogens (tertiary/aromatic N) is 1. The quantitative estimate of drug-likeness (QED) is 0.792. The highest BCUT2D eigenvalue weighted by Gasteiger charge is 2.11. The summed E-state index contributed by atoms with van der Waals surface area (Å²) in [5.41, 5.74) is 1.70. The molecular weight excluding hydrogens is 230 g/mol. The van der Waals surface area contributed by atoms with Gasteiger partial charge in [-0.05, 0) is 19.1 Å². The molecule has 1 aromatic carbocycles. The van der Waals surface area contributed by atoms with Crippen molar-refractivity contribution in [2.75, 3.05) is 0 Å². The van der Waals surface area contributed by atoms with Gasteiger partial charge in [-0.15, -0.1) is 0 Å². The maximum absolute atomic E-state index is 12.4. The second kappa shape index (κ2) is 4.17. The lowest BCUT2D eigenvalue weighted by molar-refractivity contribution is 0.145. The average molecular weight is 240 g/mol. The fraction of sp³-hybridized carbons (Fsp3) is 0.182. The molecule has 0 bridgehead atoms. The van der Waals surface area contributed by atoms with Crippen LogP contribution in [0.1, 0.15) is 17.7 Å². The number of aromatic amines is 1. The van der Waals surface area contributed by atoms with Gasteiger partial charge in [0.15, 0.2) is 0 Å². The number of hydrogen-bond donors (Lipinski definition) is 1. The van der Waals surface area contributed by atoms with Gasteiger partial charge in [-0.2, -0.15) is 0 Å². The van der Waals surface area contributed by atoms with E-state index >= 15 is 0 Å². The number of halogens is 2. The van der Waals surface area contributed by atoms with Crippen LogP contribution in [0.3, 0.4) is 0 Å². The Morgan fingerprint density at radius 3 is 2.38 bits per heavy atom. The Morgan fingerprint density at radius 2 is 1.88 bits per heavy atom. The van der Waals surface area contributed by atoms with Crippen LogP contribution in [0.25, 0.3) is 5.69 Å². The molecule has 16 heavy (non-hydrogen) atoms. The van der Waals surface area contributed by atoms with Crippen molar-refractivity contribution in [3.8, 4) is 5.69 Å². The lowest BCUT2D eigenvalue weighted by Gasteiger charge is -2.03. The Bertz CT molecular complexity index is 540. The van der Waals surface area contributed by atoms with E-state index in [0.717, 1.165) is 11.3 Å². The first kappa shape index (κ1) is 11.0. The highest BCUT2D eigenvalue weighted by atomic mass is 32.1. The minimum Gasteiger partial charge on any atom is -0.291 e. The van der Waals surface area contributed by atoms with Crippen LogP contribution in [-0.4, -0.2) is 9.78 Å². The molecule has 0 amide bonds. The third-order valence-electron chi connectivity index (χ3n) is 2.27. The molecule has 0 aliphatic carbocycles. The van der Waals surface area contributed by atoms with Crippen LogP contribution in [0, 0.1) is 11.6 Å². The predicted octanol–water partition coefficient (Wildman–Crippen LogP) is 3.78. The molecule has 0 fully saturated rings. The van der Waals surface area contributed by atoms with Crippen molar-refractivity contribution >= 4 is 12.2 Å². The van der Waals surface area contributed by atoms with E-state index in [9.17, 15) is 8.78 Å². The molecule has 0 saturated carbocycles. The van der Waals surface area contributed by atoms with E-state index in [1.54, 1.807) is 0 Å². The van der Waals surface area contributed by atoms with E-state index in [0.29, 0.717) is 4.64 Å². The van der Waals surface area contributed by atoms with Crippen LogP contribution >= 0.6 is 12.2 Å². The molecule has 2 aromatic rings. The maximum Gasteiger partial charge on any atom is 0.279 e. The lowest BCUT2D eigenvalue weighted by Crippen LogP contribution is -1.97. The van der Waals surface area contributed by atoms with Crippen LogP contribution in [-0.2, 0) is 0 Å². The largest absolute Gasteiger partial charge is 0.291 e. The summed E-state index contributed by atoms with van der Waals surface area (Å²) in [6, 6.07) is 8.74. The average Bonchev–Trinajstić information content (AvgIpc) is 2.62. The number of aryl methyl sites for hydroxylation is 1. The summed E-state index contributed by atoms with van der Waals surface area (Å²) in [7, 11) is 0. The molecule has 0 unspecified atom stereocenters. The Hall–Kier alpha value is -1.49. The van der Waals surface area contributed by atoms with Gasteiger partial charge < -0.3 is 0 Å². The third kappa shape index (κ3) is 2.04. The maximum atomic E-state index is 12.4. The number of benzene rings is 1. The van der Waals surface area contributed by atoms with Gasteiger partial charge in [0.2, 0.25) is 0 Å². The Balaban J connectivity index is 2.48. The number of nitrogens with one attached hydrogen (secondary N) is 1. The lowest BCUT2D eigenvalue weighted by atomic mass is 10.2. The summed E-state index contributed by atoms with van der Waals surface area (Å²) in [5.74, 6) is 0. The minimum atomic E-state index is -2.53. The first-order valence-corrected chi connectivity index (χ1v) is 5.16. The van der Waals surface area contributed by atoms with Crippen molar-refractivity contribution in [3.63, 3.8) is 0 Å². The van der Waals surface area contributed by atoms with Crippen LogP contribution in [0.2, 0.25) is 0 Å². The second-order valence-corrected chi connectivity index (χ2v) is 3.94. The standard InChI is InChI=1S/C11H10F2N2S/c1-7-2-4-8(5-3-7)15-10(16)6-9(14-15)11(12)13/h2-6,11,14H,1H3. The highest BCUT2D eigenvalue weighted by Crippen LogP contribution is 2.19. The number of aromatic nitrogens is 2. The molecule has 0 aliphatic rings. The topological polar surface area (TPSA) is 20.7 Å². The summed E-state index contributed by atoms with van der Waals surface area (Å²) in [6.07, 6.45) is -2.53. The molecule has 0 aliphatic heterocycles. The fourth-order valence-corrected chi connectivity index (χ4v) is 1.69.